The molecule has 0 aliphatic heterocycles. The van der Waals surface area contributed by atoms with Crippen LogP contribution in [0.5, 0.6) is 0 Å². The van der Waals surface area contributed by atoms with Gasteiger partial charge in [0.05, 0.1) is 21.2 Å². The Hall–Kier alpha value is -3.57. The second-order valence-electron chi connectivity index (χ2n) is 9.34. The van der Waals surface area contributed by atoms with E-state index < -0.39 is 51.9 Å². The quantitative estimate of drug-likeness (QED) is 0.336. The fraction of sp³-hybridized carbons (Fsp3) is 0.286. The van der Waals surface area contributed by atoms with Crippen LogP contribution in [-0.4, -0.2) is 43.8 Å². The van der Waals surface area contributed by atoms with Crippen molar-refractivity contribution in [2.45, 2.75) is 50.5 Å². The highest BCUT2D eigenvalue weighted by atomic mass is 35.5. The van der Waals surface area contributed by atoms with Crippen molar-refractivity contribution in [1.82, 2.24) is 10.2 Å². The number of carbonyl (C=O) groups is 2. The van der Waals surface area contributed by atoms with E-state index in [0.29, 0.717) is 15.9 Å². The number of benzene rings is 3. The number of rotatable bonds is 10. The Morgan fingerprint density at radius 1 is 0.925 bits per heavy atom. The lowest BCUT2D eigenvalue weighted by Gasteiger charge is -2.32. The minimum atomic E-state index is -4.80. The van der Waals surface area contributed by atoms with Gasteiger partial charge in [0, 0.05) is 12.6 Å². The molecule has 0 aliphatic rings. The lowest BCUT2D eigenvalue weighted by atomic mass is 10.1. The van der Waals surface area contributed by atoms with Crippen LogP contribution in [0.25, 0.3) is 0 Å². The van der Waals surface area contributed by atoms with Crippen LogP contribution in [0.4, 0.5) is 18.9 Å². The molecule has 0 bridgehead atoms. The molecule has 0 spiro atoms. The summed E-state index contributed by atoms with van der Waals surface area (Å²) in [5, 5.41) is 2.42. The predicted molar refractivity (Wildman–Crippen MR) is 147 cm³/mol. The maximum atomic E-state index is 13.8. The summed E-state index contributed by atoms with van der Waals surface area (Å²) in [6.45, 7) is 4.02. The number of hydrogen-bond acceptors (Lipinski definition) is 4. The Morgan fingerprint density at radius 3 is 2.05 bits per heavy atom. The maximum absolute atomic E-state index is 13.8. The number of nitrogens with zero attached hydrogens (tertiary/aromatic N) is 2. The second-order valence-corrected chi connectivity index (χ2v) is 11.6. The molecule has 0 radical (unpaired) electrons. The highest BCUT2D eigenvalue weighted by Crippen LogP contribution is 2.37. The van der Waals surface area contributed by atoms with Gasteiger partial charge >= 0.3 is 6.18 Å². The summed E-state index contributed by atoms with van der Waals surface area (Å²) in [4.78, 5) is 27.6. The highest BCUT2D eigenvalue weighted by Gasteiger charge is 2.36. The number of alkyl halides is 3. The van der Waals surface area contributed by atoms with Crippen LogP contribution < -0.4 is 9.62 Å². The SMILES string of the molecule is CC(C)NC(=O)[C@H](C)N(Cc1ccccc1)C(=O)CN(c1cc(C(F)(F)F)ccc1Cl)S(=O)(=O)c1ccccc1. The zero-order valence-electron chi connectivity index (χ0n) is 22.0. The van der Waals surface area contributed by atoms with E-state index in [2.05, 4.69) is 5.32 Å². The third-order valence-electron chi connectivity index (χ3n) is 5.95. The first kappa shape index (κ1) is 31.0. The Labute approximate surface area is 236 Å². The summed E-state index contributed by atoms with van der Waals surface area (Å²) >= 11 is 6.24. The Balaban J connectivity index is 2.12. The van der Waals surface area contributed by atoms with Crippen LogP contribution >= 0.6 is 11.6 Å². The van der Waals surface area contributed by atoms with Gasteiger partial charge in [0.15, 0.2) is 0 Å². The molecule has 0 fully saturated rings. The first-order valence-corrected chi connectivity index (χ1v) is 14.1. The van der Waals surface area contributed by atoms with Crippen molar-refractivity contribution in [1.29, 1.82) is 0 Å². The standard InChI is InChI=1S/C28H29ClF3N3O4S/c1-19(2)33-27(37)20(3)34(17-21-10-6-4-7-11-21)26(36)18-35(40(38,39)23-12-8-5-9-13-23)25-16-22(28(30,31)32)14-15-24(25)29/h4-16,19-20H,17-18H2,1-3H3,(H,33,37)/t20-/m0/s1. The molecule has 0 aromatic heterocycles. The number of hydrogen-bond donors (Lipinski definition) is 1. The van der Waals surface area contributed by atoms with E-state index >= 15 is 0 Å². The topological polar surface area (TPSA) is 86.8 Å². The maximum Gasteiger partial charge on any atom is 0.416 e. The molecule has 1 N–H and O–H groups in total. The van der Waals surface area contributed by atoms with Gasteiger partial charge in [-0.05, 0) is 56.7 Å². The van der Waals surface area contributed by atoms with Gasteiger partial charge in [0.1, 0.15) is 12.6 Å². The molecule has 0 heterocycles. The number of anilines is 1. The van der Waals surface area contributed by atoms with Gasteiger partial charge in [-0.25, -0.2) is 8.42 Å². The van der Waals surface area contributed by atoms with Gasteiger partial charge in [-0.15, -0.1) is 0 Å². The molecule has 214 valence electrons. The van der Waals surface area contributed by atoms with E-state index in [-0.39, 0.29) is 22.5 Å². The fourth-order valence-corrected chi connectivity index (χ4v) is 5.60. The summed E-state index contributed by atoms with van der Waals surface area (Å²) in [5.41, 5.74) is -0.999. The minimum Gasteiger partial charge on any atom is -0.352 e. The molecule has 7 nitrogen and oxygen atoms in total. The van der Waals surface area contributed by atoms with E-state index in [0.717, 1.165) is 12.1 Å². The minimum absolute atomic E-state index is 0.0537. The van der Waals surface area contributed by atoms with Gasteiger partial charge in [-0.3, -0.25) is 13.9 Å². The monoisotopic (exact) mass is 595 g/mol. The molecule has 0 saturated carbocycles. The van der Waals surface area contributed by atoms with Gasteiger partial charge in [-0.1, -0.05) is 60.1 Å². The highest BCUT2D eigenvalue weighted by molar-refractivity contribution is 7.92. The van der Waals surface area contributed by atoms with Gasteiger partial charge in [0.25, 0.3) is 10.0 Å². The summed E-state index contributed by atoms with van der Waals surface area (Å²) in [6, 6.07) is 16.7. The van der Waals surface area contributed by atoms with Gasteiger partial charge in [0.2, 0.25) is 11.8 Å². The van der Waals surface area contributed by atoms with Crippen molar-refractivity contribution in [3.05, 3.63) is 95.0 Å². The van der Waals surface area contributed by atoms with E-state index in [9.17, 15) is 31.2 Å². The molecule has 12 heteroatoms. The molecule has 0 saturated heterocycles. The lowest BCUT2D eigenvalue weighted by molar-refractivity contribution is -0.139. The Kier molecular flexibility index (Phi) is 9.86. The molecule has 0 unspecified atom stereocenters. The fourth-order valence-electron chi connectivity index (χ4n) is 3.88. The largest absolute Gasteiger partial charge is 0.416 e. The van der Waals surface area contributed by atoms with Crippen molar-refractivity contribution >= 4 is 39.1 Å². The molecule has 2 amide bonds. The summed E-state index contributed by atoms with van der Waals surface area (Å²) in [6.07, 6.45) is -4.80. The normalized spacial score (nSPS) is 12.6. The number of sulfonamides is 1. The molecule has 40 heavy (non-hydrogen) atoms. The Bertz CT molecular complexity index is 1440. The third-order valence-corrected chi connectivity index (χ3v) is 8.04. The second kappa shape index (κ2) is 12.7. The molecule has 0 aliphatic carbocycles. The number of amides is 2. The number of halogens is 4. The lowest BCUT2D eigenvalue weighted by Crippen LogP contribution is -2.52. The Morgan fingerprint density at radius 2 is 1.50 bits per heavy atom. The van der Waals surface area contributed by atoms with Crippen LogP contribution in [0.15, 0.2) is 83.8 Å². The molecule has 1 atom stereocenters. The van der Waals surface area contributed by atoms with Gasteiger partial charge < -0.3 is 10.2 Å². The van der Waals surface area contributed by atoms with Crippen molar-refractivity contribution < 1.29 is 31.2 Å². The molecule has 3 aromatic carbocycles. The average molecular weight is 596 g/mol. The van der Waals surface area contributed by atoms with Crippen molar-refractivity contribution in [2.24, 2.45) is 0 Å². The summed E-state index contributed by atoms with van der Waals surface area (Å²) in [5.74, 6) is -1.29. The summed E-state index contributed by atoms with van der Waals surface area (Å²) in [7, 11) is -4.57. The zero-order chi connectivity index (χ0) is 29.7. The molecular weight excluding hydrogens is 567 g/mol. The first-order chi connectivity index (χ1) is 18.7. The van der Waals surface area contributed by atoms with E-state index in [1.807, 2.05) is 0 Å². The molecular formula is C28H29ClF3N3O4S. The first-order valence-electron chi connectivity index (χ1n) is 12.3. The van der Waals surface area contributed by atoms with Crippen LogP contribution in [0, 0.1) is 0 Å². The van der Waals surface area contributed by atoms with Crippen LogP contribution in [0.2, 0.25) is 5.02 Å². The van der Waals surface area contributed by atoms with Gasteiger partial charge in [-0.2, -0.15) is 13.2 Å². The van der Waals surface area contributed by atoms with E-state index in [4.69, 9.17) is 11.6 Å². The van der Waals surface area contributed by atoms with Crippen molar-refractivity contribution in [3.63, 3.8) is 0 Å². The van der Waals surface area contributed by atoms with E-state index in [1.54, 1.807) is 50.2 Å². The summed E-state index contributed by atoms with van der Waals surface area (Å²) < 4.78 is 68.8. The number of carbonyl (C=O) groups excluding carboxylic acids is 2. The van der Waals surface area contributed by atoms with Crippen LogP contribution in [-0.2, 0) is 32.3 Å². The van der Waals surface area contributed by atoms with E-state index in [1.165, 1.54) is 36.1 Å². The zero-order valence-corrected chi connectivity index (χ0v) is 23.6. The third kappa shape index (κ3) is 7.54. The van der Waals surface area contributed by atoms with Crippen molar-refractivity contribution in [2.75, 3.05) is 10.8 Å². The predicted octanol–water partition coefficient (Wildman–Crippen LogP) is 5.50. The van der Waals surface area contributed by atoms with Crippen LogP contribution in [0.3, 0.4) is 0 Å². The average Bonchev–Trinajstić information content (AvgIpc) is 2.90. The smallest absolute Gasteiger partial charge is 0.352 e. The molecule has 3 rings (SSSR count). The van der Waals surface area contributed by atoms with Crippen molar-refractivity contribution in [3.8, 4) is 0 Å². The number of nitrogens with one attached hydrogen (secondary N) is 1. The van der Waals surface area contributed by atoms with Crippen LogP contribution in [0.1, 0.15) is 31.9 Å². The molecule has 3 aromatic rings.